The van der Waals surface area contributed by atoms with Gasteiger partial charge in [-0.3, -0.25) is 9.48 Å². The summed E-state index contributed by atoms with van der Waals surface area (Å²) in [5.74, 6) is 0.360. The Morgan fingerprint density at radius 1 is 1.75 bits per heavy atom. The first kappa shape index (κ1) is 7.27. The molecule has 12 heavy (non-hydrogen) atoms. The fraction of sp³-hybridized carbons (Fsp3) is 0.571. The van der Waals surface area contributed by atoms with E-state index in [1.54, 1.807) is 10.9 Å². The maximum Gasteiger partial charge on any atom is 0.220 e. The second kappa shape index (κ2) is 2.58. The number of hydrogen-bond acceptors (Lipinski definition) is 3. The van der Waals surface area contributed by atoms with Gasteiger partial charge in [0.05, 0.1) is 11.9 Å². The van der Waals surface area contributed by atoms with E-state index in [0.717, 1.165) is 5.69 Å². The number of nitrogens with zero attached hydrogens (tertiary/aromatic N) is 3. The van der Waals surface area contributed by atoms with E-state index in [1.165, 1.54) is 0 Å². The van der Waals surface area contributed by atoms with E-state index in [-0.39, 0.29) is 11.8 Å². The van der Waals surface area contributed by atoms with Crippen LogP contribution in [0.3, 0.4) is 0 Å². The Kier molecular flexibility index (Phi) is 1.56. The van der Waals surface area contributed by atoms with E-state index < -0.39 is 0 Å². The van der Waals surface area contributed by atoms with Crippen LogP contribution in [0.5, 0.6) is 0 Å². The molecule has 5 nitrogen and oxygen atoms in total. The number of carbonyl (C=O) groups excluding carboxylic acids is 1. The number of amides is 1. The van der Waals surface area contributed by atoms with Gasteiger partial charge in [0.25, 0.3) is 0 Å². The average molecular weight is 166 g/mol. The highest BCUT2D eigenvalue weighted by Gasteiger charge is 2.25. The maximum absolute atomic E-state index is 10.9. The molecule has 2 rings (SSSR count). The van der Waals surface area contributed by atoms with Gasteiger partial charge >= 0.3 is 0 Å². The predicted molar refractivity (Wildman–Crippen MR) is 41.4 cm³/mol. The molecule has 2 heterocycles. The van der Waals surface area contributed by atoms with Crippen LogP contribution < -0.4 is 5.32 Å². The van der Waals surface area contributed by atoms with Crippen LogP contribution in [0.4, 0.5) is 0 Å². The van der Waals surface area contributed by atoms with E-state index in [4.69, 9.17) is 0 Å². The topological polar surface area (TPSA) is 59.8 Å². The molecule has 0 aliphatic carbocycles. The van der Waals surface area contributed by atoms with Gasteiger partial charge in [0.2, 0.25) is 5.91 Å². The Labute approximate surface area is 69.8 Å². The molecule has 1 saturated heterocycles. The Hall–Kier alpha value is -1.39. The molecule has 1 amide bonds. The molecule has 1 atom stereocenters. The van der Waals surface area contributed by atoms with Crippen molar-refractivity contribution >= 4 is 5.91 Å². The monoisotopic (exact) mass is 166 g/mol. The largest absolute Gasteiger partial charge is 0.355 e. The molecule has 0 bridgehead atoms. The van der Waals surface area contributed by atoms with Gasteiger partial charge in [0.15, 0.2) is 0 Å². The zero-order valence-corrected chi connectivity index (χ0v) is 6.82. The number of aromatic nitrogens is 3. The molecule has 1 unspecified atom stereocenters. The van der Waals surface area contributed by atoms with Crippen molar-refractivity contribution in [2.45, 2.75) is 12.3 Å². The fourth-order valence-corrected chi connectivity index (χ4v) is 1.48. The standard InChI is InChI=1S/C7H10N4O/c1-11-6(4-9-10-11)5-2-7(12)8-3-5/h4-5H,2-3H2,1H3,(H,8,12). The van der Waals surface area contributed by atoms with Crippen molar-refractivity contribution in [3.05, 3.63) is 11.9 Å². The van der Waals surface area contributed by atoms with Crippen LogP contribution in [-0.4, -0.2) is 27.4 Å². The van der Waals surface area contributed by atoms with Gasteiger partial charge in [-0.05, 0) is 0 Å². The molecule has 1 aromatic rings. The summed E-state index contributed by atoms with van der Waals surface area (Å²) in [6.07, 6.45) is 2.27. The summed E-state index contributed by atoms with van der Waals surface area (Å²) in [5, 5.41) is 10.4. The quantitative estimate of drug-likeness (QED) is 0.607. The normalized spacial score (nSPS) is 22.8. The second-order valence-corrected chi connectivity index (χ2v) is 2.99. The Morgan fingerprint density at radius 3 is 3.08 bits per heavy atom. The molecule has 0 radical (unpaired) electrons. The third kappa shape index (κ3) is 1.07. The summed E-state index contributed by atoms with van der Waals surface area (Å²) in [5.41, 5.74) is 1.02. The summed E-state index contributed by atoms with van der Waals surface area (Å²) in [4.78, 5) is 10.9. The van der Waals surface area contributed by atoms with Gasteiger partial charge in [-0.1, -0.05) is 5.21 Å². The van der Waals surface area contributed by atoms with Crippen LogP contribution in [0.15, 0.2) is 6.20 Å². The zero-order chi connectivity index (χ0) is 8.55. The first-order valence-corrected chi connectivity index (χ1v) is 3.88. The van der Waals surface area contributed by atoms with E-state index in [1.807, 2.05) is 7.05 Å². The van der Waals surface area contributed by atoms with Crippen LogP contribution >= 0.6 is 0 Å². The van der Waals surface area contributed by atoms with E-state index in [0.29, 0.717) is 13.0 Å². The number of rotatable bonds is 1. The van der Waals surface area contributed by atoms with Gasteiger partial charge < -0.3 is 5.32 Å². The van der Waals surface area contributed by atoms with Crippen LogP contribution in [0.25, 0.3) is 0 Å². The molecule has 0 saturated carbocycles. The average Bonchev–Trinajstić information content (AvgIpc) is 2.58. The van der Waals surface area contributed by atoms with Crippen molar-refractivity contribution in [1.82, 2.24) is 20.3 Å². The zero-order valence-electron chi connectivity index (χ0n) is 6.82. The van der Waals surface area contributed by atoms with Crippen molar-refractivity contribution in [1.29, 1.82) is 0 Å². The van der Waals surface area contributed by atoms with Crippen LogP contribution in [0, 0.1) is 0 Å². The van der Waals surface area contributed by atoms with Gasteiger partial charge in [-0.2, -0.15) is 0 Å². The highest BCUT2D eigenvalue weighted by molar-refractivity contribution is 5.79. The summed E-state index contributed by atoms with van der Waals surface area (Å²) in [6.45, 7) is 0.708. The van der Waals surface area contributed by atoms with Crippen molar-refractivity contribution < 1.29 is 4.79 Å². The minimum Gasteiger partial charge on any atom is -0.355 e. The minimum atomic E-state index is 0.112. The molecule has 1 aliphatic heterocycles. The smallest absolute Gasteiger partial charge is 0.220 e. The molecular weight excluding hydrogens is 156 g/mol. The molecule has 1 N–H and O–H groups in total. The molecule has 1 aromatic heterocycles. The maximum atomic E-state index is 10.9. The van der Waals surface area contributed by atoms with Gasteiger partial charge in [0.1, 0.15) is 0 Å². The molecule has 5 heteroatoms. The summed E-state index contributed by atoms with van der Waals surface area (Å²) < 4.78 is 1.71. The number of aryl methyl sites for hydroxylation is 1. The predicted octanol–water partition coefficient (Wildman–Crippen LogP) is -0.581. The van der Waals surface area contributed by atoms with Gasteiger partial charge in [-0.25, -0.2) is 0 Å². The third-order valence-electron chi connectivity index (χ3n) is 2.15. The molecule has 0 aromatic carbocycles. The summed E-state index contributed by atoms with van der Waals surface area (Å²) in [6, 6.07) is 0. The van der Waals surface area contributed by atoms with Crippen molar-refractivity contribution in [2.24, 2.45) is 7.05 Å². The van der Waals surface area contributed by atoms with Crippen molar-refractivity contribution in [3.8, 4) is 0 Å². The first-order chi connectivity index (χ1) is 5.77. The van der Waals surface area contributed by atoms with E-state index in [2.05, 4.69) is 15.6 Å². The molecule has 1 aliphatic rings. The third-order valence-corrected chi connectivity index (χ3v) is 2.15. The number of nitrogens with one attached hydrogen (secondary N) is 1. The van der Waals surface area contributed by atoms with E-state index >= 15 is 0 Å². The van der Waals surface area contributed by atoms with E-state index in [9.17, 15) is 4.79 Å². The molecule has 1 fully saturated rings. The molecular formula is C7H10N4O. The minimum absolute atomic E-state index is 0.112. The highest BCUT2D eigenvalue weighted by Crippen LogP contribution is 2.20. The Balaban J connectivity index is 2.21. The van der Waals surface area contributed by atoms with Crippen LogP contribution in [-0.2, 0) is 11.8 Å². The lowest BCUT2D eigenvalue weighted by Crippen LogP contribution is -2.14. The second-order valence-electron chi connectivity index (χ2n) is 2.99. The highest BCUT2D eigenvalue weighted by atomic mass is 16.1. The first-order valence-electron chi connectivity index (χ1n) is 3.88. The van der Waals surface area contributed by atoms with Gasteiger partial charge in [-0.15, -0.1) is 5.10 Å². The lowest BCUT2D eigenvalue weighted by atomic mass is 10.1. The number of hydrogen-bond donors (Lipinski definition) is 1. The lowest BCUT2D eigenvalue weighted by molar-refractivity contribution is -0.119. The van der Waals surface area contributed by atoms with Crippen LogP contribution in [0.2, 0.25) is 0 Å². The van der Waals surface area contributed by atoms with Crippen LogP contribution in [0.1, 0.15) is 18.0 Å². The fourth-order valence-electron chi connectivity index (χ4n) is 1.48. The lowest BCUT2D eigenvalue weighted by Gasteiger charge is -2.04. The Morgan fingerprint density at radius 2 is 2.58 bits per heavy atom. The molecule has 0 spiro atoms. The Bertz CT molecular complexity index is 306. The van der Waals surface area contributed by atoms with Crippen molar-refractivity contribution in [2.75, 3.05) is 6.54 Å². The molecule has 64 valence electrons. The van der Waals surface area contributed by atoms with Gasteiger partial charge in [0, 0.05) is 25.9 Å². The SMILES string of the molecule is Cn1nncc1C1CNC(=O)C1. The van der Waals surface area contributed by atoms with Crippen molar-refractivity contribution in [3.63, 3.8) is 0 Å². The number of carbonyl (C=O) groups is 1. The summed E-state index contributed by atoms with van der Waals surface area (Å²) in [7, 11) is 1.84. The summed E-state index contributed by atoms with van der Waals surface area (Å²) >= 11 is 0.